The minimum Gasteiger partial charge on any atom is -0.392 e. The summed E-state index contributed by atoms with van der Waals surface area (Å²) in [7, 11) is 0. The number of hydrogen-bond acceptors (Lipinski definition) is 4. The van der Waals surface area contributed by atoms with Gasteiger partial charge in [0.2, 0.25) is 0 Å². The highest BCUT2D eigenvalue weighted by molar-refractivity contribution is 5.25. The molecule has 1 saturated carbocycles. The van der Waals surface area contributed by atoms with Gasteiger partial charge in [-0.15, -0.1) is 0 Å². The lowest BCUT2D eigenvalue weighted by atomic mass is 10.0. The van der Waals surface area contributed by atoms with E-state index in [-0.39, 0.29) is 18.0 Å². The molecule has 1 N–H and O–H groups in total. The highest BCUT2D eigenvalue weighted by atomic mass is 19.1. The number of benzene rings is 1. The highest BCUT2D eigenvalue weighted by Gasteiger charge is 2.35. The van der Waals surface area contributed by atoms with Crippen LogP contribution in [0.25, 0.3) is 0 Å². The van der Waals surface area contributed by atoms with E-state index in [0.717, 1.165) is 29.7 Å². The molecule has 0 radical (unpaired) electrons. The van der Waals surface area contributed by atoms with Crippen molar-refractivity contribution in [1.29, 1.82) is 0 Å². The molecule has 22 heavy (non-hydrogen) atoms. The van der Waals surface area contributed by atoms with Gasteiger partial charge < -0.3 is 9.63 Å². The van der Waals surface area contributed by atoms with Crippen LogP contribution in [-0.4, -0.2) is 27.8 Å². The Kier molecular flexibility index (Phi) is 3.47. The summed E-state index contributed by atoms with van der Waals surface area (Å²) in [6.07, 6.45) is 4.36. The van der Waals surface area contributed by atoms with Crippen molar-refractivity contribution in [3.63, 3.8) is 0 Å². The number of rotatable bonds is 4. The lowest BCUT2D eigenvalue weighted by Gasteiger charge is -2.24. The summed E-state index contributed by atoms with van der Waals surface area (Å²) in [4.78, 5) is 2.19. The first kappa shape index (κ1) is 13.9. The molecule has 1 aliphatic carbocycles. The Morgan fingerprint density at radius 2 is 2.23 bits per heavy atom. The number of aromatic nitrogens is 1. The van der Waals surface area contributed by atoms with Crippen LogP contribution in [0.15, 0.2) is 35.0 Å². The summed E-state index contributed by atoms with van der Waals surface area (Å²) in [6.45, 7) is 1.28. The van der Waals surface area contributed by atoms with E-state index < -0.39 is 0 Å². The molecule has 2 unspecified atom stereocenters. The average Bonchev–Trinajstić information content (AvgIpc) is 3.13. The molecule has 0 amide bonds. The molecule has 2 fully saturated rings. The zero-order chi connectivity index (χ0) is 15.1. The molecule has 1 aliphatic heterocycles. The topological polar surface area (TPSA) is 49.5 Å². The zero-order valence-corrected chi connectivity index (χ0v) is 12.3. The van der Waals surface area contributed by atoms with Crippen LogP contribution in [0.5, 0.6) is 0 Å². The maximum atomic E-state index is 13.5. The van der Waals surface area contributed by atoms with Crippen molar-refractivity contribution in [1.82, 2.24) is 10.1 Å². The quantitative estimate of drug-likeness (QED) is 0.943. The number of halogens is 1. The van der Waals surface area contributed by atoms with Gasteiger partial charge in [0.05, 0.1) is 12.3 Å². The molecular formula is C17H19FN2O2. The predicted molar refractivity (Wildman–Crippen MR) is 78.7 cm³/mol. The van der Waals surface area contributed by atoms with Gasteiger partial charge in [0, 0.05) is 30.6 Å². The summed E-state index contributed by atoms with van der Waals surface area (Å²) in [5, 5.41) is 14.0. The van der Waals surface area contributed by atoms with Crippen molar-refractivity contribution >= 4 is 0 Å². The van der Waals surface area contributed by atoms with E-state index >= 15 is 0 Å². The molecule has 2 aliphatic rings. The third-order valence-electron chi connectivity index (χ3n) is 4.61. The second-order valence-electron chi connectivity index (χ2n) is 6.38. The lowest BCUT2D eigenvalue weighted by Crippen LogP contribution is -2.24. The van der Waals surface area contributed by atoms with Crippen molar-refractivity contribution in [2.24, 2.45) is 0 Å². The molecule has 2 atom stereocenters. The smallest absolute Gasteiger partial charge is 0.144 e. The summed E-state index contributed by atoms with van der Waals surface area (Å²) < 4.78 is 18.9. The maximum absolute atomic E-state index is 13.5. The molecule has 2 aromatic rings. The maximum Gasteiger partial charge on any atom is 0.144 e. The lowest BCUT2D eigenvalue weighted by molar-refractivity contribution is 0.172. The second-order valence-corrected chi connectivity index (χ2v) is 6.38. The van der Waals surface area contributed by atoms with Crippen LogP contribution in [0.2, 0.25) is 0 Å². The summed E-state index contributed by atoms with van der Waals surface area (Å²) in [5.41, 5.74) is 2.01. The van der Waals surface area contributed by atoms with E-state index in [0.29, 0.717) is 25.4 Å². The van der Waals surface area contributed by atoms with E-state index in [2.05, 4.69) is 10.1 Å². The normalized spacial score (nSPS) is 25.7. The standard InChI is InChI=1S/C17H19FN2O2/c18-14-3-1-2-12(6-14)16-7-15(21)10-20(16)9-13-8-19-22-17(13)11-4-5-11/h1-3,6,8,11,15-16,21H,4-5,7,9-10H2. The van der Waals surface area contributed by atoms with Gasteiger partial charge in [-0.05, 0) is 37.0 Å². The van der Waals surface area contributed by atoms with Crippen LogP contribution >= 0.6 is 0 Å². The van der Waals surface area contributed by atoms with Crippen molar-refractivity contribution in [3.8, 4) is 0 Å². The Morgan fingerprint density at radius 1 is 1.36 bits per heavy atom. The first-order valence-electron chi connectivity index (χ1n) is 7.81. The molecule has 2 heterocycles. The minimum atomic E-state index is -0.377. The van der Waals surface area contributed by atoms with Gasteiger partial charge in [0.25, 0.3) is 0 Å². The van der Waals surface area contributed by atoms with Crippen molar-refractivity contribution < 1.29 is 14.0 Å². The SMILES string of the molecule is OC1CC(c2cccc(F)c2)N(Cc2cnoc2C2CC2)C1. The number of β-amino-alcohol motifs (C(OH)–C–C–N with tert-alkyl or cyclic N) is 1. The Labute approximate surface area is 128 Å². The summed E-state index contributed by atoms with van der Waals surface area (Å²) in [5.74, 6) is 1.26. The fourth-order valence-electron chi connectivity index (χ4n) is 3.40. The largest absolute Gasteiger partial charge is 0.392 e. The van der Waals surface area contributed by atoms with Crippen LogP contribution in [0.1, 0.15) is 48.1 Å². The van der Waals surface area contributed by atoms with Gasteiger partial charge in [0.1, 0.15) is 11.6 Å². The molecule has 4 rings (SSSR count). The van der Waals surface area contributed by atoms with Gasteiger partial charge in [-0.2, -0.15) is 0 Å². The predicted octanol–water partition coefficient (Wildman–Crippen LogP) is 3.00. The third kappa shape index (κ3) is 2.66. The minimum absolute atomic E-state index is 0.0349. The number of aliphatic hydroxyl groups is 1. The number of aliphatic hydroxyl groups excluding tert-OH is 1. The van der Waals surface area contributed by atoms with Crippen LogP contribution in [0, 0.1) is 5.82 Å². The van der Waals surface area contributed by atoms with Crippen LogP contribution in [-0.2, 0) is 6.54 Å². The Bertz CT molecular complexity index is 668. The molecular weight excluding hydrogens is 283 g/mol. The summed E-state index contributed by atoms with van der Waals surface area (Å²) >= 11 is 0. The van der Waals surface area contributed by atoms with Gasteiger partial charge in [0.15, 0.2) is 0 Å². The molecule has 1 aromatic heterocycles. The van der Waals surface area contributed by atoms with Crippen molar-refractivity contribution in [3.05, 3.63) is 53.2 Å². The molecule has 1 saturated heterocycles. The first-order chi connectivity index (χ1) is 10.7. The average molecular weight is 302 g/mol. The van der Waals surface area contributed by atoms with Crippen molar-refractivity contribution in [2.75, 3.05) is 6.54 Å². The van der Waals surface area contributed by atoms with Crippen LogP contribution in [0.3, 0.4) is 0 Å². The Morgan fingerprint density at radius 3 is 3.00 bits per heavy atom. The first-order valence-corrected chi connectivity index (χ1v) is 7.81. The fraction of sp³-hybridized carbons (Fsp3) is 0.471. The van der Waals surface area contributed by atoms with E-state index in [4.69, 9.17) is 4.52 Å². The molecule has 4 nitrogen and oxygen atoms in total. The molecule has 0 bridgehead atoms. The van der Waals surface area contributed by atoms with Gasteiger partial charge >= 0.3 is 0 Å². The van der Waals surface area contributed by atoms with Crippen molar-refractivity contribution in [2.45, 2.75) is 43.9 Å². The van der Waals surface area contributed by atoms with Gasteiger partial charge in [-0.1, -0.05) is 17.3 Å². The molecule has 0 spiro atoms. The highest BCUT2D eigenvalue weighted by Crippen LogP contribution is 2.43. The molecule has 116 valence electrons. The number of nitrogens with zero attached hydrogens (tertiary/aromatic N) is 2. The van der Waals surface area contributed by atoms with E-state index in [1.807, 2.05) is 6.07 Å². The molecule has 5 heteroatoms. The van der Waals surface area contributed by atoms with E-state index in [9.17, 15) is 9.50 Å². The number of hydrogen-bond donors (Lipinski definition) is 1. The second kappa shape index (κ2) is 5.48. The van der Waals surface area contributed by atoms with E-state index in [1.54, 1.807) is 18.3 Å². The Balaban J connectivity index is 1.57. The zero-order valence-electron chi connectivity index (χ0n) is 12.3. The van der Waals surface area contributed by atoms with Gasteiger partial charge in [-0.25, -0.2) is 4.39 Å². The number of likely N-dealkylation sites (tertiary alicyclic amines) is 1. The van der Waals surface area contributed by atoms with Crippen LogP contribution < -0.4 is 0 Å². The molecule has 1 aromatic carbocycles. The van der Waals surface area contributed by atoms with E-state index in [1.165, 1.54) is 6.07 Å². The fourth-order valence-corrected chi connectivity index (χ4v) is 3.40. The Hall–Kier alpha value is -1.72. The third-order valence-corrected chi connectivity index (χ3v) is 4.61. The van der Waals surface area contributed by atoms with Gasteiger partial charge in [-0.3, -0.25) is 4.90 Å². The summed E-state index contributed by atoms with van der Waals surface area (Å²) in [6, 6.07) is 6.69. The van der Waals surface area contributed by atoms with Crippen LogP contribution in [0.4, 0.5) is 4.39 Å². The monoisotopic (exact) mass is 302 g/mol.